The van der Waals surface area contributed by atoms with E-state index in [4.69, 9.17) is 5.11 Å². The highest BCUT2D eigenvalue weighted by Crippen LogP contribution is 2.14. The second kappa shape index (κ2) is 8.02. The third-order valence-corrected chi connectivity index (χ3v) is 3.47. The van der Waals surface area contributed by atoms with Crippen LogP contribution in [0, 0.1) is 13.8 Å². The van der Waals surface area contributed by atoms with Crippen molar-refractivity contribution < 1.29 is 9.90 Å². The lowest BCUT2D eigenvalue weighted by molar-refractivity contribution is -0.117. The van der Waals surface area contributed by atoms with E-state index in [0.29, 0.717) is 13.0 Å². The van der Waals surface area contributed by atoms with Crippen molar-refractivity contribution in [3.63, 3.8) is 0 Å². The number of aryl methyl sites for hydroxylation is 2. The fourth-order valence-electron chi connectivity index (χ4n) is 2.00. The number of rotatable bonds is 7. The standard InChI is InChI=1S/C16H26N2O2/c1-12(2)18(8-5-9-19)11-16(20)17-15-7-6-13(3)14(4)10-15/h6-7,10,12,19H,5,8-9,11H2,1-4H3,(H,17,20). The maximum atomic E-state index is 12.1. The molecule has 1 aromatic rings. The molecule has 1 aromatic carbocycles. The lowest BCUT2D eigenvalue weighted by atomic mass is 10.1. The van der Waals surface area contributed by atoms with Gasteiger partial charge in [0, 0.05) is 24.9 Å². The Hall–Kier alpha value is -1.39. The summed E-state index contributed by atoms with van der Waals surface area (Å²) in [5.41, 5.74) is 3.22. The maximum Gasteiger partial charge on any atom is 0.238 e. The van der Waals surface area contributed by atoms with E-state index in [1.54, 1.807) is 0 Å². The highest BCUT2D eigenvalue weighted by atomic mass is 16.3. The van der Waals surface area contributed by atoms with Crippen LogP contribution in [0.25, 0.3) is 0 Å². The number of aliphatic hydroxyl groups excluding tert-OH is 1. The van der Waals surface area contributed by atoms with Crippen molar-refractivity contribution in [2.45, 2.75) is 40.2 Å². The molecule has 4 heteroatoms. The molecule has 4 nitrogen and oxygen atoms in total. The van der Waals surface area contributed by atoms with Gasteiger partial charge in [0.25, 0.3) is 0 Å². The molecule has 0 heterocycles. The first-order valence-corrected chi connectivity index (χ1v) is 7.16. The molecule has 0 unspecified atom stereocenters. The fourth-order valence-corrected chi connectivity index (χ4v) is 2.00. The van der Waals surface area contributed by atoms with Crippen LogP contribution in [0.1, 0.15) is 31.4 Å². The highest BCUT2D eigenvalue weighted by Gasteiger charge is 2.13. The van der Waals surface area contributed by atoms with Crippen LogP contribution in [0.2, 0.25) is 0 Å². The lowest BCUT2D eigenvalue weighted by Gasteiger charge is -2.25. The molecule has 0 aliphatic heterocycles. The van der Waals surface area contributed by atoms with E-state index in [0.717, 1.165) is 12.2 Å². The summed E-state index contributed by atoms with van der Waals surface area (Å²) in [6.07, 6.45) is 0.690. The topological polar surface area (TPSA) is 52.6 Å². The Morgan fingerprint density at radius 3 is 2.55 bits per heavy atom. The van der Waals surface area contributed by atoms with E-state index < -0.39 is 0 Å². The highest BCUT2D eigenvalue weighted by molar-refractivity contribution is 5.92. The second-order valence-electron chi connectivity index (χ2n) is 5.49. The van der Waals surface area contributed by atoms with Gasteiger partial charge in [-0.2, -0.15) is 0 Å². The Labute approximate surface area is 121 Å². The van der Waals surface area contributed by atoms with Crippen LogP contribution >= 0.6 is 0 Å². The van der Waals surface area contributed by atoms with Crippen LogP contribution in [-0.4, -0.2) is 41.7 Å². The van der Waals surface area contributed by atoms with Crippen LogP contribution in [0.5, 0.6) is 0 Å². The zero-order valence-corrected chi connectivity index (χ0v) is 12.9. The number of nitrogens with one attached hydrogen (secondary N) is 1. The van der Waals surface area contributed by atoms with Gasteiger partial charge in [-0.25, -0.2) is 0 Å². The SMILES string of the molecule is Cc1ccc(NC(=O)CN(CCCO)C(C)C)cc1C. The van der Waals surface area contributed by atoms with E-state index in [1.807, 2.05) is 25.1 Å². The number of nitrogens with zero attached hydrogens (tertiary/aromatic N) is 1. The first kappa shape index (κ1) is 16.7. The molecule has 20 heavy (non-hydrogen) atoms. The number of hydrogen-bond donors (Lipinski definition) is 2. The summed E-state index contributed by atoms with van der Waals surface area (Å²) in [5.74, 6) is -0.0140. The molecule has 0 saturated heterocycles. The summed E-state index contributed by atoms with van der Waals surface area (Å²) in [4.78, 5) is 14.1. The molecule has 0 radical (unpaired) electrons. The molecule has 0 fully saturated rings. The average molecular weight is 278 g/mol. The molecule has 112 valence electrons. The molecule has 0 saturated carbocycles. The molecular weight excluding hydrogens is 252 g/mol. The zero-order valence-electron chi connectivity index (χ0n) is 12.9. The van der Waals surface area contributed by atoms with E-state index in [-0.39, 0.29) is 18.6 Å². The Balaban J connectivity index is 2.58. The van der Waals surface area contributed by atoms with E-state index in [2.05, 4.69) is 31.0 Å². The normalized spacial score (nSPS) is 11.2. The van der Waals surface area contributed by atoms with Crippen molar-refractivity contribution >= 4 is 11.6 Å². The Kier molecular flexibility index (Phi) is 6.68. The molecule has 2 N–H and O–H groups in total. The molecule has 0 atom stereocenters. The number of benzene rings is 1. The van der Waals surface area contributed by atoms with Gasteiger partial charge >= 0.3 is 0 Å². The van der Waals surface area contributed by atoms with Gasteiger partial charge in [-0.05, 0) is 57.4 Å². The number of carbonyl (C=O) groups excluding carboxylic acids is 1. The van der Waals surface area contributed by atoms with E-state index >= 15 is 0 Å². The summed E-state index contributed by atoms with van der Waals surface area (Å²) in [6, 6.07) is 6.21. The second-order valence-corrected chi connectivity index (χ2v) is 5.49. The van der Waals surface area contributed by atoms with Crippen molar-refractivity contribution in [2.75, 3.05) is 25.0 Å². The first-order chi connectivity index (χ1) is 9.43. The number of aliphatic hydroxyl groups is 1. The largest absolute Gasteiger partial charge is 0.396 e. The summed E-state index contributed by atoms with van der Waals surface area (Å²) in [5, 5.41) is 11.8. The van der Waals surface area contributed by atoms with E-state index in [9.17, 15) is 4.79 Å². The Morgan fingerprint density at radius 2 is 2.00 bits per heavy atom. The Bertz CT molecular complexity index is 444. The number of anilines is 1. The van der Waals surface area contributed by atoms with Gasteiger partial charge in [0.05, 0.1) is 6.54 Å². The third kappa shape index (κ3) is 5.31. The van der Waals surface area contributed by atoms with Crippen LogP contribution in [0.4, 0.5) is 5.69 Å². The summed E-state index contributed by atoms with van der Waals surface area (Å²) in [6.45, 7) is 9.44. The quantitative estimate of drug-likeness (QED) is 0.805. The summed E-state index contributed by atoms with van der Waals surface area (Å²) in [7, 11) is 0. The predicted octanol–water partition coefficient (Wildman–Crippen LogP) is 2.33. The average Bonchev–Trinajstić information content (AvgIpc) is 2.38. The van der Waals surface area contributed by atoms with E-state index in [1.165, 1.54) is 11.1 Å². The molecule has 0 aliphatic rings. The van der Waals surface area contributed by atoms with Crippen LogP contribution in [0.15, 0.2) is 18.2 Å². The van der Waals surface area contributed by atoms with Gasteiger partial charge in [-0.1, -0.05) is 6.07 Å². The van der Waals surface area contributed by atoms with Gasteiger partial charge in [0.2, 0.25) is 5.91 Å². The first-order valence-electron chi connectivity index (χ1n) is 7.16. The molecule has 0 bridgehead atoms. The van der Waals surface area contributed by atoms with Gasteiger partial charge in [0.15, 0.2) is 0 Å². The minimum absolute atomic E-state index is 0.0140. The third-order valence-electron chi connectivity index (χ3n) is 3.47. The molecule has 0 aliphatic carbocycles. The predicted molar refractivity (Wildman–Crippen MR) is 83.0 cm³/mol. The number of amides is 1. The van der Waals surface area contributed by atoms with Crippen molar-refractivity contribution in [3.05, 3.63) is 29.3 Å². The maximum absolute atomic E-state index is 12.1. The Morgan fingerprint density at radius 1 is 1.30 bits per heavy atom. The smallest absolute Gasteiger partial charge is 0.238 e. The van der Waals surface area contributed by atoms with Gasteiger partial charge in [-0.3, -0.25) is 9.69 Å². The monoisotopic (exact) mass is 278 g/mol. The van der Waals surface area contributed by atoms with Crippen LogP contribution in [0.3, 0.4) is 0 Å². The van der Waals surface area contributed by atoms with Crippen LogP contribution in [-0.2, 0) is 4.79 Å². The number of hydrogen-bond acceptors (Lipinski definition) is 3. The van der Waals surface area contributed by atoms with Crippen LogP contribution < -0.4 is 5.32 Å². The van der Waals surface area contributed by atoms with Crippen molar-refractivity contribution in [1.29, 1.82) is 0 Å². The van der Waals surface area contributed by atoms with Gasteiger partial charge in [-0.15, -0.1) is 0 Å². The molecular formula is C16H26N2O2. The summed E-state index contributed by atoms with van der Waals surface area (Å²) < 4.78 is 0. The van der Waals surface area contributed by atoms with Crippen molar-refractivity contribution in [3.8, 4) is 0 Å². The lowest BCUT2D eigenvalue weighted by Crippen LogP contribution is -2.39. The molecule has 1 rings (SSSR count). The molecule has 1 amide bonds. The zero-order chi connectivity index (χ0) is 15.1. The molecule has 0 spiro atoms. The van der Waals surface area contributed by atoms with Gasteiger partial charge in [0.1, 0.15) is 0 Å². The van der Waals surface area contributed by atoms with Gasteiger partial charge < -0.3 is 10.4 Å². The number of carbonyl (C=O) groups is 1. The summed E-state index contributed by atoms with van der Waals surface area (Å²) >= 11 is 0. The van der Waals surface area contributed by atoms with Crippen molar-refractivity contribution in [1.82, 2.24) is 4.90 Å². The minimum atomic E-state index is -0.0140. The molecule has 0 aromatic heterocycles. The minimum Gasteiger partial charge on any atom is -0.396 e. The fraction of sp³-hybridized carbons (Fsp3) is 0.562. The van der Waals surface area contributed by atoms with Crippen molar-refractivity contribution in [2.24, 2.45) is 0 Å².